The number of amides is 2. The van der Waals surface area contributed by atoms with Crippen LogP contribution >= 0.6 is 0 Å². The van der Waals surface area contributed by atoms with Crippen molar-refractivity contribution in [3.8, 4) is 0 Å². The molecule has 0 radical (unpaired) electrons. The number of carbonyl (C=O) groups is 3. The van der Waals surface area contributed by atoms with E-state index < -0.39 is 11.9 Å². The lowest BCUT2D eigenvalue weighted by Crippen LogP contribution is -2.44. The smallest absolute Gasteiger partial charge is 0.308 e. The highest BCUT2D eigenvalue weighted by Gasteiger charge is 2.34. The van der Waals surface area contributed by atoms with E-state index >= 15 is 0 Å². The van der Waals surface area contributed by atoms with Crippen LogP contribution in [0.5, 0.6) is 0 Å². The molecular weight excluding hydrogens is 248 g/mol. The van der Waals surface area contributed by atoms with Crippen molar-refractivity contribution in [1.29, 1.82) is 0 Å². The summed E-state index contributed by atoms with van der Waals surface area (Å²) < 4.78 is 0. The average Bonchev–Trinajstić information content (AvgIpc) is 3.17. The Labute approximate surface area is 113 Å². The van der Waals surface area contributed by atoms with Gasteiger partial charge in [-0.15, -0.1) is 0 Å². The maximum absolute atomic E-state index is 12.0. The molecule has 0 aromatic heterocycles. The summed E-state index contributed by atoms with van der Waals surface area (Å²) in [5, 5.41) is 11.5. The molecule has 1 aliphatic rings. The third-order valence-electron chi connectivity index (χ3n) is 3.11. The fourth-order valence-electron chi connectivity index (χ4n) is 1.81. The molecule has 0 spiro atoms. The van der Waals surface area contributed by atoms with Crippen LogP contribution in [0.4, 0.5) is 0 Å². The van der Waals surface area contributed by atoms with Crippen molar-refractivity contribution in [1.82, 2.24) is 10.2 Å². The highest BCUT2D eigenvalue weighted by molar-refractivity contribution is 5.85. The second-order valence-electron chi connectivity index (χ2n) is 5.04. The maximum Gasteiger partial charge on any atom is 0.308 e. The molecular formula is C13H22N2O4. The summed E-state index contributed by atoms with van der Waals surface area (Å²) in [5.74, 6) is -1.83. The molecule has 1 saturated carbocycles. The summed E-state index contributed by atoms with van der Waals surface area (Å²) in [7, 11) is 0. The Morgan fingerprint density at radius 1 is 1.37 bits per heavy atom. The van der Waals surface area contributed by atoms with Gasteiger partial charge in [0.1, 0.15) is 0 Å². The fourth-order valence-corrected chi connectivity index (χ4v) is 1.81. The van der Waals surface area contributed by atoms with E-state index in [4.69, 9.17) is 5.11 Å². The molecule has 0 saturated heterocycles. The number of hydrogen-bond donors (Lipinski definition) is 2. The first kappa shape index (κ1) is 15.5. The molecule has 1 unspecified atom stereocenters. The van der Waals surface area contributed by atoms with Crippen molar-refractivity contribution in [2.75, 3.05) is 13.1 Å². The van der Waals surface area contributed by atoms with Gasteiger partial charge in [0.2, 0.25) is 11.8 Å². The molecule has 108 valence electrons. The van der Waals surface area contributed by atoms with E-state index in [-0.39, 0.29) is 30.9 Å². The first-order chi connectivity index (χ1) is 8.95. The van der Waals surface area contributed by atoms with Gasteiger partial charge in [-0.1, -0.05) is 13.8 Å². The number of carbonyl (C=O) groups excluding carboxylic acids is 2. The van der Waals surface area contributed by atoms with Crippen molar-refractivity contribution in [2.45, 2.75) is 45.6 Å². The lowest BCUT2D eigenvalue weighted by atomic mass is 10.1. The minimum absolute atomic E-state index is 0.0400. The molecule has 0 heterocycles. The lowest BCUT2D eigenvalue weighted by molar-refractivity contribution is -0.143. The molecule has 6 nitrogen and oxygen atoms in total. The largest absolute Gasteiger partial charge is 0.481 e. The fraction of sp³-hybridized carbons (Fsp3) is 0.769. The van der Waals surface area contributed by atoms with Gasteiger partial charge in [0.15, 0.2) is 0 Å². The van der Waals surface area contributed by atoms with Crippen LogP contribution in [-0.4, -0.2) is 46.9 Å². The van der Waals surface area contributed by atoms with E-state index in [1.807, 2.05) is 6.92 Å². The zero-order valence-electron chi connectivity index (χ0n) is 11.5. The number of nitrogens with zero attached hydrogens (tertiary/aromatic N) is 1. The number of aliphatic carboxylic acids is 1. The quantitative estimate of drug-likeness (QED) is 0.676. The second kappa shape index (κ2) is 7.11. The van der Waals surface area contributed by atoms with E-state index in [9.17, 15) is 14.4 Å². The Hall–Kier alpha value is -1.59. The Kier molecular flexibility index (Phi) is 5.79. The van der Waals surface area contributed by atoms with Gasteiger partial charge in [0, 0.05) is 19.0 Å². The van der Waals surface area contributed by atoms with Crippen LogP contribution in [0, 0.1) is 5.92 Å². The topological polar surface area (TPSA) is 86.7 Å². The predicted octanol–water partition coefficient (Wildman–Crippen LogP) is 0.614. The summed E-state index contributed by atoms with van der Waals surface area (Å²) in [6.07, 6.45) is 2.98. The van der Waals surface area contributed by atoms with Gasteiger partial charge >= 0.3 is 5.97 Å². The van der Waals surface area contributed by atoms with E-state index in [1.54, 1.807) is 11.8 Å². The van der Waals surface area contributed by atoms with Crippen molar-refractivity contribution in [3.05, 3.63) is 0 Å². The van der Waals surface area contributed by atoms with Crippen LogP contribution in [0.15, 0.2) is 0 Å². The Morgan fingerprint density at radius 3 is 2.47 bits per heavy atom. The highest BCUT2D eigenvalue weighted by Crippen LogP contribution is 2.27. The van der Waals surface area contributed by atoms with Gasteiger partial charge in [-0.05, 0) is 19.3 Å². The lowest BCUT2D eigenvalue weighted by Gasteiger charge is -2.24. The maximum atomic E-state index is 12.0. The number of rotatable bonds is 8. The van der Waals surface area contributed by atoms with Crippen molar-refractivity contribution in [3.63, 3.8) is 0 Å². The standard InChI is InChI=1S/C13H22N2O4/c1-3-4-11(16)14-7-12(17)15(10-5-6-10)8-9(2)13(18)19/h9-10H,3-8H2,1-2H3,(H,14,16)(H,18,19). The second-order valence-corrected chi connectivity index (χ2v) is 5.04. The Bertz CT molecular complexity index is 353. The number of carboxylic acids is 1. The third kappa shape index (κ3) is 5.28. The van der Waals surface area contributed by atoms with E-state index in [0.29, 0.717) is 6.42 Å². The molecule has 1 rings (SSSR count). The van der Waals surface area contributed by atoms with Crippen molar-refractivity contribution < 1.29 is 19.5 Å². The number of nitrogens with one attached hydrogen (secondary N) is 1. The van der Waals surface area contributed by atoms with E-state index in [1.165, 1.54) is 0 Å². The van der Waals surface area contributed by atoms with Gasteiger partial charge in [-0.2, -0.15) is 0 Å². The Balaban J connectivity index is 2.45. The van der Waals surface area contributed by atoms with Gasteiger partial charge in [0.05, 0.1) is 12.5 Å². The minimum Gasteiger partial charge on any atom is -0.481 e. The van der Waals surface area contributed by atoms with Crippen LogP contribution in [0.1, 0.15) is 39.5 Å². The molecule has 0 aromatic rings. The summed E-state index contributed by atoms with van der Waals surface area (Å²) in [6, 6.07) is 0.150. The van der Waals surface area contributed by atoms with Gasteiger partial charge < -0.3 is 15.3 Å². The highest BCUT2D eigenvalue weighted by atomic mass is 16.4. The van der Waals surface area contributed by atoms with Gasteiger partial charge in [-0.25, -0.2) is 0 Å². The zero-order valence-corrected chi connectivity index (χ0v) is 11.5. The summed E-state index contributed by atoms with van der Waals surface area (Å²) >= 11 is 0. The predicted molar refractivity (Wildman–Crippen MR) is 69.5 cm³/mol. The molecule has 1 fully saturated rings. The normalized spacial score (nSPS) is 15.7. The molecule has 19 heavy (non-hydrogen) atoms. The molecule has 2 N–H and O–H groups in total. The van der Waals surface area contributed by atoms with Crippen molar-refractivity contribution in [2.24, 2.45) is 5.92 Å². The first-order valence-corrected chi connectivity index (χ1v) is 6.74. The Morgan fingerprint density at radius 2 is 2.00 bits per heavy atom. The molecule has 1 atom stereocenters. The third-order valence-corrected chi connectivity index (χ3v) is 3.11. The molecule has 6 heteroatoms. The van der Waals surface area contributed by atoms with Gasteiger partial charge in [-0.3, -0.25) is 14.4 Å². The van der Waals surface area contributed by atoms with Crippen molar-refractivity contribution >= 4 is 17.8 Å². The van der Waals surface area contributed by atoms with Gasteiger partial charge in [0.25, 0.3) is 0 Å². The first-order valence-electron chi connectivity index (χ1n) is 6.74. The monoisotopic (exact) mass is 270 g/mol. The summed E-state index contributed by atoms with van der Waals surface area (Å²) in [4.78, 5) is 35.8. The van der Waals surface area contributed by atoms with Crippen LogP contribution in [-0.2, 0) is 14.4 Å². The molecule has 0 aliphatic heterocycles. The molecule has 1 aliphatic carbocycles. The summed E-state index contributed by atoms with van der Waals surface area (Å²) in [6.45, 7) is 3.65. The number of hydrogen-bond acceptors (Lipinski definition) is 3. The number of carboxylic acid groups (broad SMARTS) is 1. The van der Waals surface area contributed by atoms with E-state index in [2.05, 4.69) is 5.32 Å². The van der Waals surface area contributed by atoms with Crippen LogP contribution in [0.3, 0.4) is 0 Å². The summed E-state index contributed by atoms with van der Waals surface area (Å²) in [5.41, 5.74) is 0. The average molecular weight is 270 g/mol. The molecule has 0 aromatic carbocycles. The van der Waals surface area contributed by atoms with E-state index in [0.717, 1.165) is 19.3 Å². The SMILES string of the molecule is CCCC(=O)NCC(=O)N(CC(C)C(=O)O)C1CC1. The minimum atomic E-state index is -0.909. The van der Waals surface area contributed by atoms with Crippen LogP contribution in [0.2, 0.25) is 0 Å². The van der Waals surface area contributed by atoms with Crippen LogP contribution in [0.25, 0.3) is 0 Å². The zero-order chi connectivity index (χ0) is 14.4. The van der Waals surface area contributed by atoms with Crippen LogP contribution < -0.4 is 5.32 Å². The molecule has 2 amide bonds. The molecule has 0 bridgehead atoms.